The Bertz CT molecular complexity index is 1760. The van der Waals surface area contributed by atoms with Gasteiger partial charge < -0.3 is 29.9 Å². The van der Waals surface area contributed by atoms with Crippen molar-refractivity contribution in [1.29, 1.82) is 0 Å². The zero-order valence-corrected chi connectivity index (χ0v) is 27.1. The lowest BCUT2D eigenvalue weighted by Crippen LogP contribution is -2.55. The number of nitrogens with two attached hydrogens (primary N) is 1. The van der Waals surface area contributed by atoms with Crippen LogP contribution in [0.5, 0.6) is 6.01 Å². The van der Waals surface area contributed by atoms with Crippen molar-refractivity contribution in [3.63, 3.8) is 0 Å². The molecule has 0 saturated carbocycles. The van der Waals surface area contributed by atoms with E-state index in [-0.39, 0.29) is 46.1 Å². The minimum absolute atomic E-state index is 0.0734. The number of pyridine rings is 1. The zero-order chi connectivity index (χ0) is 32.0. The lowest BCUT2D eigenvalue weighted by Gasteiger charge is -2.41. The SMILES string of the molecule is C[C@H]1CN(C(=O)OC(C)(C)C)CCN1c1nc(OC[C@@H]2CCCN2C)nc2c(F)c(-c3nc(N)cc4ccccc34)c(Cl)cc12. The average molecular weight is 636 g/mol. The summed E-state index contributed by atoms with van der Waals surface area (Å²) >= 11 is 6.87. The Kier molecular flexibility index (Phi) is 8.34. The quantitative estimate of drug-likeness (QED) is 0.277. The Balaban J connectivity index is 1.44. The summed E-state index contributed by atoms with van der Waals surface area (Å²) in [5, 5.41) is 2.14. The highest BCUT2D eigenvalue weighted by molar-refractivity contribution is 6.34. The van der Waals surface area contributed by atoms with Crippen LogP contribution in [0.1, 0.15) is 40.5 Å². The number of ether oxygens (including phenoxy) is 2. The van der Waals surface area contributed by atoms with Gasteiger partial charge in [0.05, 0.1) is 16.3 Å². The standard InChI is InChI=1S/C33H39ClFN7O3/c1-19-17-41(32(43)45-33(2,3)4)13-14-42(19)30-23-16-24(34)26(28-22-11-7-6-9-20(22)15-25(36)37-28)27(35)29(23)38-31(39-30)44-18-21-10-8-12-40(21)5/h6-7,9,11,15-16,19,21H,8,10,12-14,17-18H2,1-5H3,(H2,36,37)/t19-,21-/m0/s1. The number of halogens is 2. The summed E-state index contributed by atoms with van der Waals surface area (Å²) in [7, 11) is 2.07. The van der Waals surface area contributed by atoms with Gasteiger partial charge in [-0.25, -0.2) is 14.2 Å². The highest BCUT2D eigenvalue weighted by Crippen LogP contribution is 2.41. The van der Waals surface area contributed by atoms with Crippen LogP contribution in [0.25, 0.3) is 32.9 Å². The smallest absolute Gasteiger partial charge is 0.410 e. The number of rotatable bonds is 5. The number of piperazine rings is 1. The molecule has 6 rings (SSSR count). The minimum Gasteiger partial charge on any atom is -0.462 e. The van der Waals surface area contributed by atoms with Gasteiger partial charge in [0, 0.05) is 42.5 Å². The summed E-state index contributed by atoms with van der Waals surface area (Å²) in [6, 6.07) is 11.1. The number of carbonyl (C=O) groups excluding carboxylic acids is 1. The van der Waals surface area contributed by atoms with Gasteiger partial charge in [-0.05, 0) is 71.6 Å². The van der Waals surface area contributed by atoms with Crippen LogP contribution >= 0.6 is 11.6 Å². The highest BCUT2D eigenvalue weighted by atomic mass is 35.5. The van der Waals surface area contributed by atoms with Crippen molar-refractivity contribution < 1.29 is 18.7 Å². The topological polar surface area (TPSA) is 110 Å². The molecule has 4 aromatic rings. The molecule has 4 heterocycles. The number of hydrogen-bond donors (Lipinski definition) is 1. The van der Waals surface area contributed by atoms with E-state index in [1.807, 2.05) is 56.9 Å². The first kappa shape index (κ1) is 31.0. The fraction of sp³-hybridized carbons (Fsp3) is 0.455. The van der Waals surface area contributed by atoms with Crippen LogP contribution in [0.4, 0.5) is 20.8 Å². The summed E-state index contributed by atoms with van der Waals surface area (Å²) < 4.78 is 28.6. The minimum atomic E-state index is -0.632. The molecule has 238 valence electrons. The third-order valence-corrected chi connectivity index (χ3v) is 8.76. The number of aromatic nitrogens is 3. The summed E-state index contributed by atoms with van der Waals surface area (Å²) in [4.78, 5) is 32.7. The predicted molar refractivity (Wildman–Crippen MR) is 175 cm³/mol. The molecule has 12 heteroatoms. The van der Waals surface area contributed by atoms with Crippen molar-refractivity contribution in [3.8, 4) is 17.3 Å². The second-order valence-electron chi connectivity index (χ2n) is 12.9. The zero-order valence-electron chi connectivity index (χ0n) is 26.3. The molecular weight excluding hydrogens is 597 g/mol. The second-order valence-corrected chi connectivity index (χ2v) is 13.4. The van der Waals surface area contributed by atoms with Gasteiger partial charge >= 0.3 is 12.1 Å². The van der Waals surface area contributed by atoms with Crippen LogP contribution in [0, 0.1) is 5.82 Å². The first-order valence-corrected chi connectivity index (χ1v) is 15.7. The number of likely N-dealkylation sites (tertiary alicyclic amines) is 1. The fourth-order valence-electron chi connectivity index (χ4n) is 6.20. The molecule has 0 aliphatic carbocycles. The molecule has 2 aliphatic heterocycles. The van der Waals surface area contributed by atoms with E-state index in [4.69, 9.17) is 31.8 Å². The molecule has 2 aromatic carbocycles. The van der Waals surface area contributed by atoms with E-state index >= 15 is 4.39 Å². The van der Waals surface area contributed by atoms with Gasteiger partial charge in [-0.3, -0.25) is 0 Å². The Morgan fingerprint density at radius 2 is 1.89 bits per heavy atom. The van der Waals surface area contributed by atoms with E-state index in [1.54, 1.807) is 17.0 Å². The second kappa shape index (κ2) is 12.1. The van der Waals surface area contributed by atoms with Crippen LogP contribution in [0.2, 0.25) is 5.02 Å². The molecule has 1 amide bonds. The van der Waals surface area contributed by atoms with Gasteiger partial charge in [0.1, 0.15) is 29.4 Å². The van der Waals surface area contributed by atoms with Gasteiger partial charge in [-0.2, -0.15) is 9.97 Å². The number of carbonyl (C=O) groups is 1. The van der Waals surface area contributed by atoms with Crippen molar-refractivity contribution in [1.82, 2.24) is 24.8 Å². The molecule has 0 radical (unpaired) electrons. The van der Waals surface area contributed by atoms with Crippen molar-refractivity contribution in [2.45, 2.75) is 58.2 Å². The molecule has 2 atom stereocenters. The Labute approximate surface area is 267 Å². The number of nitrogen functional groups attached to an aromatic ring is 1. The van der Waals surface area contributed by atoms with E-state index in [9.17, 15) is 4.79 Å². The Morgan fingerprint density at radius 3 is 2.60 bits per heavy atom. The number of amides is 1. The molecule has 0 spiro atoms. The molecule has 2 fully saturated rings. The van der Waals surface area contributed by atoms with E-state index in [1.165, 1.54) is 0 Å². The molecule has 2 aliphatic rings. The maximum Gasteiger partial charge on any atom is 0.410 e. The summed E-state index contributed by atoms with van der Waals surface area (Å²) in [6.45, 7) is 10.2. The number of likely N-dealkylation sites (N-methyl/N-ethyl adjacent to an activating group) is 1. The normalized spacial score (nSPS) is 19.4. The first-order chi connectivity index (χ1) is 21.4. The van der Waals surface area contributed by atoms with Crippen LogP contribution in [0.15, 0.2) is 36.4 Å². The first-order valence-electron chi connectivity index (χ1n) is 15.3. The molecule has 45 heavy (non-hydrogen) atoms. The van der Waals surface area contributed by atoms with Crippen LogP contribution in [-0.2, 0) is 4.74 Å². The number of fused-ring (bicyclic) bond motifs is 2. The monoisotopic (exact) mass is 635 g/mol. The largest absolute Gasteiger partial charge is 0.462 e. The summed E-state index contributed by atoms with van der Waals surface area (Å²) in [6.07, 6.45) is 1.72. The molecule has 2 aromatic heterocycles. The van der Waals surface area contributed by atoms with E-state index in [0.29, 0.717) is 48.5 Å². The van der Waals surface area contributed by atoms with Crippen molar-refractivity contribution >= 4 is 51.0 Å². The van der Waals surface area contributed by atoms with Crippen molar-refractivity contribution in [3.05, 3.63) is 47.2 Å². The lowest BCUT2D eigenvalue weighted by molar-refractivity contribution is 0.0218. The van der Waals surface area contributed by atoms with Crippen LogP contribution < -0.4 is 15.4 Å². The molecule has 2 N–H and O–H groups in total. The molecule has 10 nitrogen and oxygen atoms in total. The summed E-state index contributed by atoms with van der Waals surface area (Å²) in [5.41, 5.74) is 6.06. The van der Waals surface area contributed by atoms with Gasteiger partial charge in [0.25, 0.3) is 0 Å². The van der Waals surface area contributed by atoms with Crippen molar-refractivity contribution in [2.75, 3.05) is 50.5 Å². The molecule has 0 bridgehead atoms. The third kappa shape index (κ3) is 6.28. The maximum atomic E-state index is 16.8. The number of benzene rings is 2. The molecule has 2 saturated heterocycles. The van der Waals surface area contributed by atoms with Gasteiger partial charge in [0.15, 0.2) is 5.82 Å². The van der Waals surface area contributed by atoms with E-state index in [0.717, 1.165) is 24.8 Å². The van der Waals surface area contributed by atoms with Gasteiger partial charge in [-0.1, -0.05) is 35.9 Å². The van der Waals surface area contributed by atoms with Crippen LogP contribution in [-0.4, -0.2) is 88.4 Å². The summed E-state index contributed by atoms with van der Waals surface area (Å²) in [5.74, 6) is 0.111. The van der Waals surface area contributed by atoms with Crippen LogP contribution in [0.3, 0.4) is 0 Å². The van der Waals surface area contributed by atoms with E-state index < -0.39 is 11.4 Å². The Hall–Kier alpha value is -3.96. The third-order valence-electron chi connectivity index (χ3n) is 8.47. The number of nitrogens with zero attached hydrogens (tertiary/aromatic N) is 6. The Morgan fingerprint density at radius 1 is 1.11 bits per heavy atom. The average Bonchev–Trinajstić information content (AvgIpc) is 3.39. The molecular formula is C33H39ClFN7O3. The number of anilines is 2. The van der Waals surface area contributed by atoms with Gasteiger partial charge in [-0.15, -0.1) is 0 Å². The number of hydrogen-bond acceptors (Lipinski definition) is 9. The predicted octanol–water partition coefficient (Wildman–Crippen LogP) is 6.14. The molecule has 0 unspecified atom stereocenters. The lowest BCUT2D eigenvalue weighted by atomic mass is 10.0. The van der Waals surface area contributed by atoms with Crippen molar-refractivity contribution in [2.24, 2.45) is 0 Å². The highest BCUT2D eigenvalue weighted by Gasteiger charge is 2.33. The van der Waals surface area contributed by atoms with E-state index in [2.05, 4.69) is 21.9 Å². The fourth-order valence-corrected chi connectivity index (χ4v) is 6.48. The maximum absolute atomic E-state index is 16.8. The van der Waals surface area contributed by atoms with Gasteiger partial charge in [0.2, 0.25) is 0 Å².